The molecule has 3 aliphatic rings. The quantitative estimate of drug-likeness (QED) is 0.738. The molecule has 7 atom stereocenters. The summed E-state index contributed by atoms with van der Waals surface area (Å²) >= 11 is 0. The lowest BCUT2D eigenvalue weighted by Gasteiger charge is -2.40. The molecule has 0 aliphatic carbocycles. The fourth-order valence-electron chi connectivity index (χ4n) is 4.01. The lowest BCUT2D eigenvalue weighted by molar-refractivity contribution is -0.252. The highest BCUT2D eigenvalue weighted by atomic mass is 16.7. The second-order valence-corrected chi connectivity index (χ2v) is 7.70. The summed E-state index contributed by atoms with van der Waals surface area (Å²) in [6, 6.07) is 0.308. The Kier molecular flexibility index (Phi) is 6.16. The molecule has 140 valence electrons. The Bertz CT molecular complexity index is 407. The molecule has 0 amide bonds. The van der Waals surface area contributed by atoms with Gasteiger partial charge in [0.2, 0.25) is 0 Å². The van der Waals surface area contributed by atoms with Gasteiger partial charge >= 0.3 is 0 Å². The van der Waals surface area contributed by atoms with Crippen molar-refractivity contribution in [1.29, 1.82) is 0 Å². The highest BCUT2D eigenvalue weighted by Crippen LogP contribution is 2.38. The molecule has 0 saturated carbocycles. The molecule has 0 spiro atoms. The average Bonchev–Trinajstić information content (AvgIpc) is 2.92. The van der Waals surface area contributed by atoms with E-state index in [1.165, 1.54) is 6.42 Å². The first kappa shape index (κ1) is 18.5. The van der Waals surface area contributed by atoms with Gasteiger partial charge in [-0.15, -0.1) is 0 Å². The third kappa shape index (κ3) is 3.94. The summed E-state index contributed by atoms with van der Waals surface area (Å²) in [5.74, 6) is 0.704. The zero-order valence-corrected chi connectivity index (χ0v) is 15.6. The Morgan fingerprint density at radius 2 is 1.96 bits per heavy atom. The number of fused-ring (bicyclic) bond motifs is 3. The van der Waals surface area contributed by atoms with Crippen LogP contribution in [0, 0.1) is 5.92 Å². The van der Waals surface area contributed by atoms with E-state index in [0.717, 1.165) is 19.4 Å². The van der Waals surface area contributed by atoms with Gasteiger partial charge in [-0.25, -0.2) is 0 Å². The molecule has 3 heterocycles. The smallest absolute Gasteiger partial charge is 0.197 e. The van der Waals surface area contributed by atoms with Gasteiger partial charge in [0.15, 0.2) is 18.8 Å². The molecular weight excluding hydrogens is 310 g/mol. The summed E-state index contributed by atoms with van der Waals surface area (Å²) in [4.78, 5) is 2.37. The SMILES string of the molecule is CO[C@H]1OCCN2[C@@H]1O[C@@H]1[C@H](C)O[C@@H](O[C@H](C)CCC(C)C)C[C@@H]12. The third-order valence-corrected chi connectivity index (χ3v) is 5.32. The van der Waals surface area contributed by atoms with E-state index in [-0.39, 0.29) is 37.1 Å². The van der Waals surface area contributed by atoms with E-state index in [1.807, 2.05) is 0 Å². The summed E-state index contributed by atoms with van der Waals surface area (Å²) in [5, 5.41) is 0. The van der Waals surface area contributed by atoms with Crippen LogP contribution in [-0.4, -0.2) is 68.3 Å². The molecule has 0 radical (unpaired) electrons. The first-order valence-electron chi connectivity index (χ1n) is 9.36. The fraction of sp³-hybridized carbons (Fsp3) is 1.00. The number of methoxy groups -OCH3 is 1. The van der Waals surface area contributed by atoms with E-state index < -0.39 is 0 Å². The van der Waals surface area contributed by atoms with Gasteiger partial charge < -0.3 is 23.7 Å². The van der Waals surface area contributed by atoms with Gasteiger partial charge in [-0.05, 0) is 32.6 Å². The molecule has 0 aromatic heterocycles. The standard InChI is InChI=1S/C18H33NO5/c1-11(2)6-7-12(3)22-15-10-14-16(13(4)23-15)24-17-18(20-5)21-9-8-19(14)17/h11-18H,6-10H2,1-5H3/t12-,13+,14+,15-,16-,17-,18+/m1/s1. The first-order chi connectivity index (χ1) is 11.5. The van der Waals surface area contributed by atoms with Gasteiger partial charge in [0, 0.05) is 26.1 Å². The molecule has 0 aromatic rings. The fourth-order valence-corrected chi connectivity index (χ4v) is 4.01. The van der Waals surface area contributed by atoms with Crippen molar-refractivity contribution >= 4 is 0 Å². The summed E-state index contributed by atoms with van der Waals surface area (Å²) in [5.41, 5.74) is 0. The molecule has 0 N–H and O–H groups in total. The summed E-state index contributed by atoms with van der Waals surface area (Å²) in [6.45, 7) is 10.3. The second-order valence-electron chi connectivity index (χ2n) is 7.70. The maximum Gasteiger partial charge on any atom is 0.197 e. The van der Waals surface area contributed by atoms with E-state index in [2.05, 4.69) is 32.6 Å². The summed E-state index contributed by atoms with van der Waals surface area (Å²) in [7, 11) is 1.67. The lowest BCUT2D eigenvalue weighted by atomic mass is 9.98. The van der Waals surface area contributed by atoms with Crippen LogP contribution in [-0.2, 0) is 23.7 Å². The molecule has 6 heteroatoms. The van der Waals surface area contributed by atoms with Crippen molar-refractivity contribution in [1.82, 2.24) is 4.90 Å². The minimum atomic E-state index is -0.319. The predicted octanol–water partition coefficient (Wildman–Crippen LogP) is 2.36. The van der Waals surface area contributed by atoms with Crippen LogP contribution < -0.4 is 0 Å². The van der Waals surface area contributed by atoms with Crippen LogP contribution in [0.25, 0.3) is 0 Å². The number of nitrogens with zero attached hydrogens (tertiary/aromatic N) is 1. The topological polar surface area (TPSA) is 49.4 Å². The van der Waals surface area contributed by atoms with Crippen LogP contribution in [0.15, 0.2) is 0 Å². The highest BCUT2D eigenvalue weighted by Gasteiger charge is 2.53. The van der Waals surface area contributed by atoms with E-state index in [9.17, 15) is 0 Å². The molecule has 6 nitrogen and oxygen atoms in total. The number of hydrogen-bond acceptors (Lipinski definition) is 6. The largest absolute Gasteiger partial charge is 0.352 e. The van der Waals surface area contributed by atoms with Crippen LogP contribution in [0.2, 0.25) is 0 Å². The maximum atomic E-state index is 6.21. The van der Waals surface area contributed by atoms with Crippen LogP contribution in [0.1, 0.15) is 47.0 Å². The lowest BCUT2D eigenvalue weighted by Crippen LogP contribution is -2.55. The van der Waals surface area contributed by atoms with Gasteiger partial charge in [-0.2, -0.15) is 0 Å². The van der Waals surface area contributed by atoms with Crippen LogP contribution in [0.3, 0.4) is 0 Å². The summed E-state index contributed by atoms with van der Waals surface area (Å²) in [6.07, 6.45) is 2.76. The minimum Gasteiger partial charge on any atom is -0.352 e. The highest BCUT2D eigenvalue weighted by molar-refractivity contribution is 4.97. The Labute approximate surface area is 145 Å². The second kappa shape index (κ2) is 7.98. The van der Waals surface area contributed by atoms with Crippen molar-refractivity contribution in [2.45, 2.75) is 90.1 Å². The van der Waals surface area contributed by atoms with Gasteiger partial charge in [0.1, 0.15) is 6.10 Å². The summed E-state index contributed by atoms with van der Waals surface area (Å²) < 4.78 is 29.6. The Morgan fingerprint density at radius 1 is 1.17 bits per heavy atom. The molecule has 3 rings (SSSR count). The molecule has 3 aliphatic heterocycles. The third-order valence-electron chi connectivity index (χ3n) is 5.32. The van der Waals surface area contributed by atoms with Crippen LogP contribution in [0.5, 0.6) is 0 Å². The van der Waals surface area contributed by atoms with Gasteiger partial charge in [-0.3, -0.25) is 4.90 Å². The average molecular weight is 343 g/mol. The molecule has 3 saturated heterocycles. The van der Waals surface area contributed by atoms with Crippen LogP contribution in [0.4, 0.5) is 0 Å². The molecule has 0 bridgehead atoms. The predicted molar refractivity (Wildman–Crippen MR) is 89.5 cm³/mol. The number of morpholine rings is 1. The minimum absolute atomic E-state index is 0.00848. The normalized spacial score (nSPS) is 41.2. The van der Waals surface area contributed by atoms with Gasteiger partial charge in [0.05, 0.1) is 18.8 Å². The molecule has 3 fully saturated rings. The van der Waals surface area contributed by atoms with E-state index >= 15 is 0 Å². The Morgan fingerprint density at radius 3 is 2.67 bits per heavy atom. The van der Waals surface area contributed by atoms with Crippen molar-refractivity contribution in [2.75, 3.05) is 20.3 Å². The molecule has 24 heavy (non-hydrogen) atoms. The number of ether oxygens (including phenoxy) is 5. The number of rotatable bonds is 6. The molecule has 0 aromatic carbocycles. The zero-order valence-electron chi connectivity index (χ0n) is 15.6. The Hall–Kier alpha value is -0.240. The van der Waals surface area contributed by atoms with Gasteiger partial charge in [0.25, 0.3) is 0 Å². The molecule has 0 unspecified atom stereocenters. The van der Waals surface area contributed by atoms with E-state index in [1.54, 1.807) is 7.11 Å². The van der Waals surface area contributed by atoms with Crippen molar-refractivity contribution in [2.24, 2.45) is 5.92 Å². The Balaban J connectivity index is 1.59. The van der Waals surface area contributed by atoms with Crippen molar-refractivity contribution in [3.8, 4) is 0 Å². The van der Waals surface area contributed by atoms with E-state index in [0.29, 0.717) is 18.6 Å². The zero-order chi connectivity index (χ0) is 17.3. The monoisotopic (exact) mass is 343 g/mol. The van der Waals surface area contributed by atoms with Crippen molar-refractivity contribution in [3.63, 3.8) is 0 Å². The maximum absolute atomic E-state index is 6.21. The van der Waals surface area contributed by atoms with Crippen molar-refractivity contribution in [3.05, 3.63) is 0 Å². The van der Waals surface area contributed by atoms with Crippen LogP contribution >= 0.6 is 0 Å². The van der Waals surface area contributed by atoms with E-state index in [4.69, 9.17) is 23.7 Å². The first-order valence-corrected chi connectivity index (χ1v) is 9.36. The van der Waals surface area contributed by atoms with Gasteiger partial charge in [-0.1, -0.05) is 13.8 Å². The number of hydrogen-bond donors (Lipinski definition) is 0. The van der Waals surface area contributed by atoms with Crippen molar-refractivity contribution < 1.29 is 23.7 Å². The molecular formula is C18H33NO5.